The molecule has 2 heterocycles. The van der Waals surface area contributed by atoms with E-state index in [9.17, 15) is 18.5 Å². The average Bonchev–Trinajstić information content (AvgIpc) is 2.83. The van der Waals surface area contributed by atoms with Crippen LogP contribution in [0.1, 0.15) is 26.7 Å². The summed E-state index contributed by atoms with van der Waals surface area (Å²) in [4.78, 5) is 12.9. The summed E-state index contributed by atoms with van der Waals surface area (Å²) in [6.07, 6.45) is 2.84. The summed E-state index contributed by atoms with van der Waals surface area (Å²) in [6, 6.07) is 1.78. The Morgan fingerprint density at radius 2 is 2.00 bits per heavy atom. The Labute approximate surface area is 134 Å². The van der Waals surface area contributed by atoms with Crippen molar-refractivity contribution in [2.24, 2.45) is 0 Å². The minimum Gasteiger partial charge on any atom is -0.368 e. The number of thiophene rings is 1. The van der Waals surface area contributed by atoms with Crippen LogP contribution in [0.4, 0.5) is 10.7 Å². The Hall–Kier alpha value is -1.19. The predicted molar refractivity (Wildman–Crippen MR) is 87.4 cm³/mol. The van der Waals surface area contributed by atoms with Crippen molar-refractivity contribution < 1.29 is 13.3 Å². The van der Waals surface area contributed by atoms with E-state index in [0.717, 1.165) is 49.6 Å². The molecule has 0 aliphatic carbocycles. The Morgan fingerprint density at radius 3 is 2.45 bits per heavy atom. The molecule has 0 unspecified atom stereocenters. The van der Waals surface area contributed by atoms with Crippen LogP contribution in [-0.2, 0) is 9.84 Å². The van der Waals surface area contributed by atoms with E-state index in [0.29, 0.717) is 11.0 Å². The number of nitrogens with one attached hydrogen (secondary N) is 1. The first kappa shape index (κ1) is 17.2. The molecule has 0 bridgehead atoms. The van der Waals surface area contributed by atoms with E-state index in [1.54, 1.807) is 0 Å². The molecule has 1 aliphatic heterocycles. The fourth-order valence-corrected chi connectivity index (χ4v) is 4.54. The predicted octanol–water partition coefficient (Wildman–Crippen LogP) is 2.34. The van der Waals surface area contributed by atoms with Crippen LogP contribution in [0.15, 0.2) is 10.3 Å². The Kier molecular flexibility index (Phi) is 5.08. The Morgan fingerprint density at radius 1 is 1.41 bits per heavy atom. The molecular weight excluding hydrogens is 326 g/mol. The third-order valence-corrected chi connectivity index (χ3v) is 6.70. The zero-order valence-corrected chi connectivity index (χ0v) is 14.5. The average molecular weight is 347 g/mol. The van der Waals surface area contributed by atoms with Crippen molar-refractivity contribution in [3.05, 3.63) is 16.2 Å². The van der Waals surface area contributed by atoms with E-state index in [-0.39, 0.29) is 15.9 Å². The number of nitrogens with zero attached hydrogens (tertiary/aromatic N) is 2. The molecule has 1 aromatic heterocycles. The molecule has 1 N–H and O–H groups in total. The molecule has 9 heteroatoms. The first-order chi connectivity index (χ1) is 10.2. The lowest BCUT2D eigenvalue weighted by Crippen LogP contribution is -2.42. The molecule has 1 saturated heterocycles. The second-order valence-electron chi connectivity index (χ2n) is 5.86. The number of piperidine rings is 1. The summed E-state index contributed by atoms with van der Waals surface area (Å²) in [5.74, 6) is 0. The van der Waals surface area contributed by atoms with Gasteiger partial charge in [-0.25, -0.2) is 8.42 Å². The van der Waals surface area contributed by atoms with Crippen molar-refractivity contribution in [2.45, 2.75) is 43.0 Å². The minimum atomic E-state index is -3.43. The van der Waals surface area contributed by atoms with Gasteiger partial charge in [0.25, 0.3) is 0 Å². The summed E-state index contributed by atoms with van der Waals surface area (Å²) in [5, 5.41) is 14.6. The topological polar surface area (TPSA) is 92.6 Å². The van der Waals surface area contributed by atoms with Crippen LogP contribution in [-0.4, -0.2) is 49.7 Å². The number of rotatable bonds is 5. The first-order valence-electron chi connectivity index (χ1n) is 7.17. The highest BCUT2D eigenvalue weighted by Crippen LogP contribution is 2.38. The zero-order valence-electron chi connectivity index (χ0n) is 12.9. The smallest absolute Gasteiger partial charge is 0.304 e. The van der Waals surface area contributed by atoms with Crippen LogP contribution in [0.3, 0.4) is 0 Å². The Bertz CT molecular complexity index is 646. The number of hydrogen-bond acceptors (Lipinski definition) is 7. The van der Waals surface area contributed by atoms with Gasteiger partial charge < -0.3 is 10.2 Å². The van der Waals surface area contributed by atoms with Gasteiger partial charge in [0.05, 0.1) is 4.92 Å². The molecular formula is C13H21N3O4S2. The maximum atomic E-state index is 11.6. The lowest BCUT2D eigenvalue weighted by atomic mass is 10.0. The summed E-state index contributed by atoms with van der Waals surface area (Å²) < 4.78 is 23.2. The molecule has 2 rings (SSSR count). The lowest BCUT2D eigenvalue weighted by molar-refractivity contribution is -0.383. The first-order valence-corrected chi connectivity index (χ1v) is 9.88. The molecule has 0 saturated carbocycles. The van der Waals surface area contributed by atoms with Gasteiger partial charge in [0.15, 0.2) is 14.8 Å². The molecule has 1 fully saturated rings. The summed E-state index contributed by atoms with van der Waals surface area (Å²) in [5.41, 5.74) is -0.156. The molecule has 0 atom stereocenters. The highest BCUT2D eigenvalue weighted by molar-refractivity contribution is 7.92. The van der Waals surface area contributed by atoms with Gasteiger partial charge in [-0.1, -0.05) is 11.3 Å². The van der Waals surface area contributed by atoms with E-state index < -0.39 is 14.8 Å². The maximum Gasteiger partial charge on any atom is 0.304 e. The number of nitro groups is 1. The van der Waals surface area contributed by atoms with E-state index in [1.807, 2.05) is 0 Å². The number of hydrogen-bond donors (Lipinski definition) is 1. The van der Waals surface area contributed by atoms with E-state index in [1.165, 1.54) is 0 Å². The number of anilines is 1. The molecule has 0 amide bonds. The molecule has 7 nitrogen and oxygen atoms in total. The highest BCUT2D eigenvalue weighted by atomic mass is 32.2. The van der Waals surface area contributed by atoms with Crippen molar-refractivity contribution in [1.29, 1.82) is 0 Å². The molecule has 0 aromatic carbocycles. The SMILES string of the molecule is CC(C)N1CCC(Nc2sc(S(C)(=O)=O)cc2[N+](=O)[O-])CC1. The second-order valence-corrected chi connectivity index (χ2v) is 9.15. The van der Waals surface area contributed by atoms with Gasteiger partial charge in [0.2, 0.25) is 0 Å². The fraction of sp³-hybridized carbons (Fsp3) is 0.692. The van der Waals surface area contributed by atoms with Crippen LogP contribution in [0.25, 0.3) is 0 Å². The van der Waals surface area contributed by atoms with Gasteiger partial charge in [-0.2, -0.15) is 0 Å². The molecule has 1 aliphatic rings. The van der Waals surface area contributed by atoms with Gasteiger partial charge in [-0.3, -0.25) is 10.1 Å². The van der Waals surface area contributed by atoms with Crippen molar-refractivity contribution in [3.63, 3.8) is 0 Å². The normalized spacial score (nSPS) is 17.8. The minimum absolute atomic E-state index is 0.0290. The van der Waals surface area contributed by atoms with Crippen LogP contribution < -0.4 is 5.32 Å². The third-order valence-electron chi connectivity index (χ3n) is 3.85. The lowest BCUT2D eigenvalue weighted by Gasteiger charge is -2.34. The second kappa shape index (κ2) is 6.51. The maximum absolute atomic E-state index is 11.6. The summed E-state index contributed by atoms with van der Waals surface area (Å²) in [6.45, 7) is 6.17. The highest BCUT2D eigenvalue weighted by Gasteiger charge is 2.27. The van der Waals surface area contributed by atoms with Gasteiger partial charge in [0, 0.05) is 37.5 Å². The number of sulfone groups is 1. The molecule has 0 spiro atoms. The van der Waals surface area contributed by atoms with Crippen LogP contribution in [0, 0.1) is 10.1 Å². The van der Waals surface area contributed by atoms with E-state index >= 15 is 0 Å². The van der Waals surface area contributed by atoms with Gasteiger partial charge >= 0.3 is 5.69 Å². The van der Waals surface area contributed by atoms with E-state index in [4.69, 9.17) is 0 Å². The van der Waals surface area contributed by atoms with Gasteiger partial charge in [0.1, 0.15) is 4.21 Å². The fourth-order valence-electron chi connectivity index (χ4n) is 2.53. The van der Waals surface area contributed by atoms with Crippen molar-refractivity contribution >= 4 is 31.9 Å². The van der Waals surface area contributed by atoms with Gasteiger partial charge in [-0.15, -0.1) is 0 Å². The van der Waals surface area contributed by atoms with E-state index in [2.05, 4.69) is 24.1 Å². The summed E-state index contributed by atoms with van der Waals surface area (Å²) in [7, 11) is -3.43. The van der Waals surface area contributed by atoms with Crippen LogP contribution >= 0.6 is 11.3 Å². The number of likely N-dealkylation sites (tertiary alicyclic amines) is 1. The van der Waals surface area contributed by atoms with Crippen molar-refractivity contribution in [2.75, 3.05) is 24.7 Å². The Balaban J connectivity index is 2.13. The zero-order chi connectivity index (χ0) is 16.5. The monoisotopic (exact) mass is 347 g/mol. The van der Waals surface area contributed by atoms with Gasteiger partial charge in [-0.05, 0) is 26.7 Å². The molecule has 1 aromatic rings. The van der Waals surface area contributed by atoms with Crippen molar-refractivity contribution in [1.82, 2.24) is 4.90 Å². The molecule has 124 valence electrons. The third kappa shape index (κ3) is 3.96. The van der Waals surface area contributed by atoms with Crippen molar-refractivity contribution in [3.8, 4) is 0 Å². The standard InChI is InChI=1S/C13H21N3O4S2/c1-9(2)15-6-4-10(5-7-15)14-13-11(16(17)18)8-12(21-13)22(3,19)20/h8-10,14H,4-7H2,1-3H3. The summed E-state index contributed by atoms with van der Waals surface area (Å²) >= 11 is 0.941. The van der Waals surface area contributed by atoms with Crippen LogP contribution in [0.5, 0.6) is 0 Å². The van der Waals surface area contributed by atoms with Crippen LogP contribution in [0.2, 0.25) is 0 Å². The quantitative estimate of drug-likeness (QED) is 0.649. The largest absolute Gasteiger partial charge is 0.368 e. The molecule has 22 heavy (non-hydrogen) atoms. The molecule has 0 radical (unpaired) electrons.